The second-order valence-electron chi connectivity index (χ2n) is 7.25. The summed E-state index contributed by atoms with van der Waals surface area (Å²) in [4.78, 5) is 5.39. The molecular weight excluding hydrogens is 474 g/mol. The van der Waals surface area contributed by atoms with Crippen molar-refractivity contribution in [2.45, 2.75) is 45.1 Å². The molecule has 1 aromatic carbocycles. The van der Waals surface area contributed by atoms with Gasteiger partial charge in [-0.2, -0.15) is 13.5 Å². The zero-order valence-electron chi connectivity index (χ0n) is 18.3. The fraction of sp³-hybridized carbons (Fsp3) is 0.450. The van der Waals surface area contributed by atoms with Gasteiger partial charge < -0.3 is 9.02 Å². The zero-order chi connectivity index (χ0) is 23.7. The van der Waals surface area contributed by atoms with Crippen LogP contribution in [0.1, 0.15) is 48.9 Å². The van der Waals surface area contributed by atoms with Gasteiger partial charge in [-0.25, -0.2) is 13.1 Å². The lowest BCUT2D eigenvalue weighted by molar-refractivity contribution is 0.213. The highest BCUT2D eigenvalue weighted by Gasteiger charge is 2.32. The van der Waals surface area contributed by atoms with Crippen LogP contribution in [-0.4, -0.2) is 55.8 Å². The van der Waals surface area contributed by atoms with Crippen LogP contribution < -0.4 is 4.18 Å². The quantitative estimate of drug-likeness (QED) is 0.235. The van der Waals surface area contributed by atoms with Gasteiger partial charge in [0, 0.05) is 18.5 Å². The highest BCUT2D eigenvalue weighted by molar-refractivity contribution is 7.91. The van der Waals surface area contributed by atoms with Crippen LogP contribution in [0.2, 0.25) is 0 Å². The molecule has 0 spiro atoms. The number of hydrogen-bond acceptors (Lipinski definition) is 9. The second-order valence-corrected chi connectivity index (χ2v) is 11.4. The van der Waals surface area contributed by atoms with Crippen LogP contribution in [0.3, 0.4) is 0 Å². The number of aryl methyl sites for hydroxylation is 1. The predicted molar refractivity (Wildman–Crippen MR) is 125 cm³/mol. The maximum absolute atomic E-state index is 12.6. The lowest BCUT2D eigenvalue weighted by Gasteiger charge is -2.22. The Labute approximate surface area is 193 Å². The summed E-state index contributed by atoms with van der Waals surface area (Å²) in [6, 6.07) is 3.12. The summed E-state index contributed by atoms with van der Waals surface area (Å²) in [6.07, 6.45) is 2.09. The van der Waals surface area contributed by atoms with Gasteiger partial charge in [-0.1, -0.05) is 30.4 Å². The highest BCUT2D eigenvalue weighted by atomic mass is 32.2. The van der Waals surface area contributed by atoms with E-state index in [1.54, 1.807) is 19.9 Å². The minimum atomic E-state index is -3.82. The van der Waals surface area contributed by atoms with Crippen LogP contribution in [0.5, 0.6) is 5.88 Å². The number of fused-ring (bicyclic) bond motifs is 1. The number of rotatable bonds is 8. The first-order valence-electron chi connectivity index (χ1n) is 10.1. The Morgan fingerprint density at radius 1 is 1.28 bits per heavy atom. The summed E-state index contributed by atoms with van der Waals surface area (Å²) in [5.74, 6) is -0.149. The molecule has 0 amide bonds. The fourth-order valence-corrected chi connectivity index (χ4v) is 6.52. The molecule has 0 saturated carbocycles. The standard InChI is InChI=1S/C20H25N3O6S3/c1-5-10-32(26,27)29-20-15(12-21-23(20)6-2)19(30)14-7-8-17-18(13(14)3)16(22-28-4)9-11-31(17,24)25/h7-8,12H,5-6,9-11H2,1-4H3/b22-16+. The predicted octanol–water partition coefficient (Wildman–Crippen LogP) is 2.62. The summed E-state index contributed by atoms with van der Waals surface area (Å²) in [5, 5.41) is 8.23. The summed E-state index contributed by atoms with van der Waals surface area (Å²) in [5.41, 5.74) is 2.49. The molecule has 2 heterocycles. The van der Waals surface area contributed by atoms with Crippen molar-refractivity contribution in [3.63, 3.8) is 0 Å². The van der Waals surface area contributed by atoms with Crippen molar-refractivity contribution in [3.8, 4) is 5.88 Å². The van der Waals surface area contributed by atoms with Crippen molar-refractivity contribution in [1.82, 2.24) is 9.78 Å². The molecule has 0 radical (unpaired) electrons. The van der Waals surface area contributed by atoms with Gasteiger partial charge in [0.1, 0.15) is 7.11 Å². The molecule has 3 rings (SSSR count). The molecule has 0 fully saturated rings. The second kappa shape index (κ2) is 9.28. The monoisotopic (exact) mass is 499 g/mol. The van der Waals surface area contributed by atoms with Crippen LogP contribution in [0.4, 0.5) is 0 Å². The first-order chi connectivity index (χ1) is 15.1. The first-order valence-corrected chi connectivity index (χ1v) is 13.7. The van der Waals surface area contributed by atoms with Crippen molar-refractivity contribution in [1.29, 1.82) is 0 Å². The van der Waals surface area contributed by atoms with Crippen molar-refractivity contribution in [2.75, 3.05) is 18.6 Å². The molecule has 174 valence electrons. The molecule has 32 heavy (non-hydrogen) atoms. The molecule has 1 aliphatic heterocycles. The number of benzene rings is 1. The number of hydrogen-bond donors (Lipinski definition) is 0. The van der Waals surface area contributed by atoms with E-state index in [1.165, 1.54) is 24.1 Å². The molecule has 0 atom stereocenters. The molecule has 0 N–H and O–H groups in total. The Hall–Kier alpha value is -2.31. The molecule has 0 aliphatic carbocycles. The van der Waals surface area contributed by atoms with Gasteiger partial charge in [0.05, 0.1) is 38.7 Å². The lowest BCUT2D eigenvalue weighted by atomic mass is 9.94. The third kappa shape index (κ3) is 4.57. The van der Waals surface area contributed by atoms with Gasteiger partial charge in [-0.05, 0) is 37.5 Å². The van der Waals surface area contributed by atoms with Gasteiger partial charge in [0.25, 0.3) is 0 Å². The first kappa shape index (κ1) is 24.3. The van der Waals surface area contributed by atoms with Crippen LogP contribution in [0.15, 0.2) is 28.4 Å². The van der Waals surface area contributed by atoms with Crippen molar-refractivity contribution >= 4 is 42.7 Å². The Bertz CT molecular complexity index is 1290. The largest absolute Gasteiger partial charge is 0.399 e. The van der Waals surface area contributed by atoms with E-state index >= 15 is 0 Å². The van der Waals surface area contributed by atoms with E-state index in [9.17, 15) is 16.8 Å². The number of sulfone groups is 1. The SMILES string of the molecule is CCCS(=O)(=O)Oc1c(C(=S)c2ccc3c(c2C)/C(=N/OC)CCS3(=O)=O)cnn1CC. The van der Waals surface area contributed by atoms with Gasteiger partial charge in [-0.15, -0.1) is 0 Å². The average molecular weight is 500 g/mol. The van der Waals surface area contributed by atoms with Crippen molar-refractivity contribution in [3.05, 3.63) is 40.6 Å². The molecule has 1 aromatic heterocycles. The summed E-state index contributed by atoms with van der Waals surface area (Å²) in [6.45, 7) is 5.69. The third-order valence-electron chi connectivity index (χ3n) is 5.10. The molecule has 2 aromatic rings. The highest BCUT2D eigenvalue weighted by Crippen LogP contribution is 2.33. The zero-order valence-corrected chi connectivity index (χ0v) is 20.7. The Morgan fingerprint density at radius 2 is 2.00 bits per heavy atom. The van der Waals surface area contributed by atoms with Crippen molar-refractivity contribution < 1.29 is 25.9 Å². The third-order valence-corrected chi connectivity index (χ3v) is 8.61. The molecule has 9 nitrogen and oxygen atoms in total. The minimum absolute atomic E-state index is 0.0430. The lowest BCUT2D eigenvalue weighted by Crippen LogP contribution is -2.24. The molecule has 0 bridgehead atoms. The number of thiocarbonyl (C=S) groups is 1. The van der Waals surface area contributed by atoms with E-state index in [0.717, 1.165) is 0 Å². The van der Waals surface area contributed by atoms with E-state index in [-0.39, 0.29) is 28.7 Å². The van der Waals surface area contributed by atoms with Crippen LogP contribution in [0, 0.1) is 6.92 Å². The smallest absolute Gasteiger partial charge is 0.310 e. The van der Waals surface area contributed by atoms with E-state index < -0.39 is 20.0 Å². The van der Waals surface area contributed by atoms with Crippen molar-refractivity contribution in [2.24, 2.45) is 5.16 Å². The molecule has 1 aliphatic rings. The number of oxime groups is 1. The normalized spacial score (nSPS) is 16.6. The number of nitrogens with zero attached hydrogens (tertiary/aromatic N) is 3. The molecule has 12 heteroatoms. The van der Waals surface area contributed by atoms with E-state index in [4.69, 9.17) is 21.2 Å². The van der Waals surface area contributed by atoms with Gasteiger partial charge in [0.2, 0.25) is 5.88 Å². The molecule has 0 unspecified atom stereocenters. The van der Waals surface area contributed by atoms with Gasteiger partial charge in [0.15, 0.2) is 9.84 Å². The minimum Gasteiger partial charge on any atom is -0.399 e. The Kier molecular flexibility index (Phi) is 7.06. The topological polar surface area (TPSA) is 117 Å². The molecule has 0 saturated heterocycles. The van der Waals surface area contributed by atoms with E-state index in [1.807, 2.05) is 6.92 Å². The summed E-state index contributed by atoms with van der Waals surface area (Å²) < 4.78 is 56.7. The van der Waals surface area contributed by atoms with Crippen LogP contribution >= 0.6 is 12.2 Å². The fourth-order valence-electron chi connectivity index (χ4n) is 3.62. The summed E-state index contributed by atoms with van der Waals surface area (Å²) >= 11 is 5.69. The average Bonchev–Trinajstić information content (AvgIpc) is 3.11. The van der Waals surface area contributed by atoms with Gasteiger partial charge in [-0.3, -0.25) is 0 Å². The summed E-state index contributed by atoms with van der Waals surface area (Å²) in [7, 11) is -5.88. The van der Waals surface area contributed by atoms with Crippen LogP contribution in [0.25, 0.3) is 0 Å². The van der Waals surface area contributed by atoms with Gasteiger partial charge >= 0.3 is 10.1 Å². The Morgan fingerprint density at radius 3 is 2.62 bits per heavy atom. The van der Waals surface area contributed by atoms with Crippen LogP contribution in [-0.2, 0) is 31.3 Å². The van der Waals surface area contributed by atoms with E-state index in [0.29, 0.717) is 45.8 Å². The number of aromatic nitrogens is 2. The van der Waals surface area contributed by atoms with E-state index in [2.05, 4.69) is 10.3 Å². The molecular formula is C20H25N3O6S3. The maximum Gasteiger partial charge on any atom is 0.310 e. The maximum atomic E-state index is 12.6. The Balaban J connectivity index is 2.15.